The molecule has 3 nitrogen and oxygen atoms in total. The molecule has 0 radical (unpaired) electrons. The Hall–Kier alpha value is -0.930. The van der Waals surface area contributed by atoms with Crippen LogP contribution < -0.4 is 0 Å². The van der Waals surface area contributed by atoms with Crippen LogP contribution in [0.5, 0.6) is 0 Å². The summed E-state index contributed by atoms with van der Waals surface area (Å²) in [6.07, 6.45) is 10.6. The largest absolute Gasteiger partial charge is 0.265 e. The van der Waals surface area contributed by atoms with Gasteiger partial charge in [-0.2, -0.15) is 0 Å². The normalized spacial score (nSPS) is 21.9. The van der Waals surface area contributed by atoms with Crippen LogP contribution in [-0.4, -0.2) is 41.2 Å². The highest BCUT2D eigenvalue weighted by Crippen LogP contribution is 2.16. The van der Waals surface area contributed by atoms with Gasteiger partial charge in [0.15, 0.2) is 0 Å². The smallest absolute Gasteiger partial charge is 0.0267 e. The highest BCUT2D eigenvalue weighted by molar-refractivity contribution is 4.88. The first-order chi connectivity index (χ1) is 8.47. The van der Waals surface area contributed by atoms with Crippen molar-refractivity contribution in [1.82, 2.24) is 15.0 Å². The Labute approximate surface area is 104 Å². The number of pyridine rings is 1. The van der Waals surface area contributed by atoms with Crippen LogP contribution in [0.3, 0.4) is 0 Å². The van der Waals surface area contributed by atoms with Crippen molar-refractivity contribution in [3.05, 3.63) is 30.6 Å². The Morgan fingerprint density at radius 3 is 1.41 bits per heavy atom. The maximum atomic E-state index is 3.78. The van der Waals surface area contributed by atoms with Crippen LogP contribution in [0.1, 0.15) is 32.1 Å². The molecule has 0 atom stereocenters. The van der Waals surface area contributed by atoms with Gasteiger partial charge in [-0.05, 0) is 37.8 Å². The van der Waals surface area contributed by atoms with Crippen molar-refractivity contribution in [3.8, 4) is 0 Å². The molecule has 0 aliphatic carbocycles. The molecule has 1 aromatic heterocycles. The van der Waals surface area contributed by atoms with Crippen molar-refractivity contribution in [2.75, 3.05) is 26.2 Å². The van der Waals surface area contributed by atoms with E-state index in [1.54, 1.807) is 12.4 Å². The summed E-state index contributed by atoms with van der Waals surface area (Å²) < 4.78 is 0. The lowest BCUT2D eigenvalue weighted by Crippen LogP contribution is -2.43. The van der Waals surface area contributed by atoms with Gasteiger partial charge in [0.2, 0.25) is 0 Å². The third-order valence-electron chi connectivity index (χ3n) is 3.38. The minimum Gasteiger partial charge on any atom is -0.265 e. The summed E-state index contributed by atoms with van der Waals surface area (Å²) in [5.41, 5.74) is 0. The summed E-state index contributed by atoms with van der Waals surface area (Å²) in [5, 5.41) is 5.12. The maximum absolute atomic E-state index is 3.78. The first-order valence-corrected chi connectivity index (χ1v) is 6.81. The highest BCUT2D eigenvalue weighted by Gasteiger charge is 2.20. The molecule has 1 aromatic rings. The zero-order chi connectivity index (χ0) is 11.8. The van der Waals surface area contributed by atoms with Gasteiger partial charge in [0, 0.05) is 38.6 Å². The second-order valence-electron chi connectivity index (χ2n) is 4.70. The van der Waals surface area contributed by atoms with Gasteiger partial charge in [-0.15, -0.1) is 0 Å². The molecule has 17 heavy (non-hydrogen) atoms. The van der Waals surface area contributed by atoms with Crippen molar-refractivity contribution >= 4 is 0 Å². The molecular formula is C14H23N3. The highest BCUT2D eigenvalue weighted by atomic mass is 15.6. The minimum absolute atomic E-state index is 1.32. The molecule has 2 aliphatic heterocycles. The van der Waals surface area contributed by atoms with Gasteiger partial charge in [0.25, 0.3) is 0 Å². The molecule has 0 amide bonds. The molecular weight excluding hydrogens is 210 g/mol. The van der Waals surface area contributed by atoms with E-state index in [4.69, 9.17) is 0 Å². The van der Waals surface area contributed by atoms with E-state index >= 15 is 0 Å². The van der Waals surface area contributed by atoms with E-state index in [0.29, 0.717) is 0 Å². The lowest BCUT2D eigenvalue weighted by Gasteiger charge is -2.34. The zero-order valence-corrected chi connectivity index (χ0v) is 10.6. The summed E-state index contributed by atoms with van der Waals surface area (Å²) in [7, 11) is 0. The van der Waals surface area contributed by atoms with E-state index in [1.807, 2.05) is 18.2 Å². The van der Waals surface area contributed by atoms with Gasteiger partial charge in [0.1, 0.15) is 0 Å². The van der Waals surface area contributed by atoms with E-state index in [2.05, 4.69) is 15.0 Å². The van der Waals surface area contributed by atoms with Crippen LogP contribution in [0.15, 0.2) is 30.6 Å². The van der Waals surface area contributed by atoms with Crippen molar-refractivity contribution < 1.29 is 0 Å². The van der Waals surface area contributed by atoms with Crippen LogP contribution in [0.25, 0.3) is 0 Å². The number of hydrogen-bond acceptors (Lipinski definition) is 3. The average molecular weight is 233 g/mol. The molecule has 0 spiro atoms. The van der Waals surface area contributed by atoms with Gasteiger partial charge in [-0.1, -0.05) is 12.5 Å². The standard InChI is InChI=1S/C9H18N2.C5H5N/c1-2-6-10(7-3-1)11-8-4-5-9-11;1-2-4-6-5-3-1/h1-9H2;1-5H. The van der Waals surface area contributed by atoms with Crippen LogP contribution in [-0.2, 0) is 0 Å². The maximum Gasteiger partial charge on any atom is 0.0267 e. The van der Waals surface area contributed by atoms with Gasteiger partial charge >= 0.3 is 0 Å². The van der Waals surface area contributed by atoms with Gasteiger partial charge in [-0.3, -0.25) is 4.98 Å². The fourth-order valence-corrected chi connectivity index (χ4v) is 2.46. The number of hydrogen-bond donors (Lipinski definition) is 0. The van der Waals surface area contributed by atoms with Crippen molar-refractivity contribution in [1.29, 1.82) is 0 Å². The molecule has 0 bridgehead atoms. The second kappa shape index (κ2) is 7.41. The molecule has 0 aromatic carbocycles. The van der Waals surface area contributed by atoms with E-state index < -0.39 is 0 Å². The molecule has 3 rings (SSSR count). The van der Waals surface area contributed by atoms with E-state index in [0.717, 1.165) is 0 Å². The number of piperidine rings is 1. The van der Waals surface area contributed by atoms with Gasteiger partial charge in [0.05, 0.1) is 0 Å². The molecule has 3 heteroatoms. The Balaban J connectivity index is 0.000000153. The Morgan fingerprint density at radius 1 is 0.588 bits per heavy atom. The van der Waals surface area contributed by atoms with Gasteiger partial charge in [-0.25, -0.2) is 10.0 Å². The molecule has 3 heterocycles. The summed E-state index contributed by atoms with van der Waals surface area (Å²) in [6, 6.07) is 5.72. The molecule has 0 saturated carbocycles. The minimum atomic E-state index is 1.32. The molecule has 2 fully saturated rings. The fraction of sp³-hybridized carbons (Fsp3) is 0.643. The molecule has 2 saturated heterocycles. The number of nitrogens with zero attached hydrogens (tertiary/aromatic N) is 3. The lowest BCUT2D eigenvalue weighted by molar-refractivity contribution is -0.0187. The summed E-state index contributed by atoms with van der Waals surface area (Å²) in [6.45, 7) is 5.28. The summed E-state index contributed by atoms with van der Waals surface area (Å²) in [4.78, 5) is 3.78. The van der Waals surface area contributed by atoms with Crippen LogP contribution in [0, 0.1) is 0 Å². The Morgan fingerprint density at radius 2 is 1.06 bits per heavy atom. The van der Waals surface area contributed by atoms with Crippen molar-refractivity contribution in [3.63, 3.8) is 0 Å². The third-order valence-corrected chi connectivity index (χ3v) is 3.38. The Bertz CT molecular complexity index is 250. The summed E-state index contributed by atoms with van der Waals surface area (Å²) in [5.74, 6) is 0. The van der Waals surface area contributed by atoms with E-state index in [1.165, 1.54) is 58.3 Å². The summed E-state index contributed by atoms with van der Waals surface area (Å²) >= 11 is 0. The van der Waals surface area contributed by atoms with E-state index in [-0.39, 0.29) is 0 Å². The topological polar surface area (TPSA) is 19.4 Å². The lowest BCUT2D eigenvalue weighted by atomic mass is 10.2. The zero-order valence-electron chi connectivity index (χ0n) is 10.6. The quantitative estimate of drug-likeness (QED) is 0.743. The number of aromatic nitrogens is 1. The molecule has 0 unspecified atom stereocenters. The number of rotatable bonds is 1. The van der Waals surface area contributed by atoms with Gasteiger partial charge < -0.3 is 0 Å². The van der Waals surface area contributed by atoms with E-state index in [9.17, 15) is 0 Å². The predicted octanol–water partition coefficient (Wildman–Crippen LogP) is 2.56. The fourth-order valence-electron chi connectivity index (χ4n) is 2.46. The molecule has 0 N–H and O–H groups in total. The Kier molecular flexibility index (Phi) is 5.46. The molecule has 2 aliphatic rings. The van der Waals surface area contributed by atoms with Crippen molar-refractivity contribution in [2.24, 2.45) is 0 Å². The first-order valence-electron chi connectivity index (χ1n) is 6.81. The SMILES string of the molecule is C1CCN(N2CCCC2)CC1.c1ccncc1. The third kappa shape index (κ3) is 4.44. The van der Waals surface area contributed by atoms with Crippen molar-refractivity contribution in [2.45, 2.75) is 32.1 Å². The second-order valence-corrected chi connectivity index (χ2v) is 4.70. The molecule has 94 valence electrons. The predicted molar refractivity (Wildman–Crippen MR) is 70.5 cm³/mol. The average Bonchev–Trinajstić information content (AvgIpc) is 2.96. The van der Waals surface area contributed by atoms with Crippen LogP contribution in [0.2, 0.25) is 0 Å². The number of hydrazine groups is 1. The monoisotopic (exact) mass is 233 g/mol. The first kappa shape index (κ1) is 12.5. The van der Waals surface area contributed by atoms with Crippen LogP contribution in [0.4, 0.5) is 0 Å². The van der Waals surface area contributed by atoms with Crippen LogP contribution >= 0.6 is 0 Å².